The summed E-state index contributed by atoms with van der Waals surface area (Å²) in [6.45, 7) is 4.72. The summed E-state index contributed by atoms with van der Waals surface area (Å²) in [5.41, 5.74) is 16.6. The summed E-state index contributed by atoms with van der Waals surface area (Å²) >= 11 is 0. The normalized spacial score (nSPS) is 13.6. The Bertz CT molecular complexity index is 3300. The second-order valence-corrected chi connectivity index (χ2v) is 14.9. The van der Waals surface area contributed by atoms with Crippen molar-refractivity contribution in [3.05, 3.63) is 175 Å². The second-order valence-electron chi connectivity index (χ2n) is 14.9. The zero-order valence-corrected chi connectivity index (χ0v) is 29.3. The zero-order chi connectivity index (χ0) is 35.0. The van der Waals surface area contributed by atoms with Crippen molar-refractivity contribution in [2.75, 3.05) is 0 Å². The Labute approximate surface area is 305 Å². The Kier molecular flexibility index (Phi) is 5.51. The first-order chi connectivity index (χ1) is 26.1. The van der Waals surface area contributed by atoms with Crippen LogP contribution in [0.3, 0.4) is 0 Å². The maximum Gasteiger partial charge on any atom is 0.222 e. The number of aromatic nitrogens is 5. The van der Waals surface area contributed by atoms with E-state index in [2.05, 4.69) is 196 Å². The minimum absolute atomic E-state index is 0.0910. The lowest BCUT2D eigenvalue weighted by Gasteiger charge is -2.21. The van der Waals surface area contributed by atoms with Crippen molar-refractivity contribution in [3.8, 4) is 28.2 Å². The van der Waals surface area contributed by atoms with E-state index in [4.69, 9.17) is 4.98 Å². The van der Waals surface area contributed by atoms with Gasteiger partial charge in [0.2, 0.25) is 5.78 Å². The molecule has 0 saturated carbocycles. The predicted molar refractivity (Wildman–Crippen MR) is 218 cm³/mol. The summed E-state index contributed by atoms with van der Waals surface area (Å²) in [4.78, 5) is 5.51. The van der Waals surface area contributed by atoms with Gasteiger partial charge in [0.15, 0.2) is 5.65 Å². The largest absolute Gasteiger partial charge is 0.309 e. The molecule has 0 atom stereocenters. The van der Waals surface area contributed by atoms with Gasteiger partial charge in [-0.2, -0.15) is 4.98 Å². The average Bonchev–Trinajstić information content (AvgIpc) is 3.96. The Hall–Kier alpha value is -6.85. The molecule has 250 valence electrons. The van der Waals surface area contributed by atoms with Crippen molar-refractivity contribution in [3.63, 3.8) is 0 Å². The van der Waals surface area contributed by atoms with Gasteiger partial charge in [0.1, 0.15) is 5.52 Å². The number of fused-ring (bicyclic) bond motifs is 13. The first-order valence-electron chi connectivity index (χ1n) is 18.3. The van der Waals surface area contributed by atoms with Gasteiger partial charge in [0.05, 0.1) is 27.6 Å². The van der Waals surface area contributed by atoms with E-state index in [1.165, 1.54) is 49.4 Å². The third kappa shape index (κ3) is 3.68. The van der Waals surface area contributed by atoms with Crippen LogP contribution in [-0.2, 0) is 5.41 Å². The first-order valence-corrected chi connectivity index (χ1v) is 18.3. The molecule has 11 aromatic rings. The third-order valence-corrected chi connectivity index (χ3v) is 11.8. The summed E-state index contributed by atoms with van der Waals surface area (Å²) < 4.78 is 9.44. The van der Waals surface area contributed by atoms with E-state index < -0.39 is 0 Å². The lowest BCUT2D eigenvalue weighted by Crippen LogP contribution is -2.14. The molecule has 53 heavy (non-hydrogen) atoms. The molecular formula is C48H33N5. The van der Waals surface area contributed by atoms with Crippen LogP contribution in [0, 0.1) is 0 Å². The molecule has 0 fully saturated rings. The summed E-state index contributed by atoms with van der Waals surface area (Å²) in [5.74, 6) is 0.898. The average molecular weight is 680 g/mol. The number of para-hydroxylation sites is 5. The molecule has 1 aliphatic rings. The van der Waals surface area contributed by atoms with Crippen LogP contribution in [0.25, 0.3) is 88.9 Å². The van der Waals surface area contributed by atoms with Gasteiger partial charge in [0, 0.05) is 38.6 Å². The molecule has 0 radical (unpaired) electrons. The van der Waals surface area contributed by atoms with Crippen molar-refractivity contribution in [2.24, 2.45) is 0 Å². The topological polar surface area (TPSA) is 32.1 Å². The Morgan fingerprint density at radius 3 is 1.83 bits per heavy atom. The van der Waals surface area contributed by atoms with Crippen LogP contribution in [-0.4, -0.2) is 23.1 Å². The van der Waals surface area contributed by atoms with Gasteiger partial charge in [-0.15, -0.1) is 0 Å². The number of rotatable bonds is 3. The number of hydrogen-bond donors (Lipinski definition) is 0. The number of nitrogens with zero attached hydrogens (tertiary/aromatic N) is 5. The van der Waals surface area contributed by atoms with E-state index in [0.29, 0.717) is 0 Å². The molecule has 4 heterocycles. The summed E-state index contributed by atoms with van der Waals surface area (Å²) in [7, 11) is 0. The van der Waals surface area contributed by atoms with Crippen molar-refractivity contribution in [1.82, 2.24) is 23.1 Å². The smallest absolute Gasteiger partial charge is 0.222 e. The molecule has 5 heteroatoms. The Morgan fingerprint density at radius 1 is 0.415 bits per heavy atom. The Morgan fingerprint density at radius 2 is 1.04 bits per heavy atom. The molecular weight excluding hydrogens is 647 g/mol. The minimum atomic E-state index is -0.0910. The Balaban J connectivity index is 1.19. The number of imidazole rings is 2. The van der Waals surface area contributed by atoms with Crippen LogP contribution in [0.5, 0.6) is 0 Å². The molecule has 7 aromatic carbocycles. The highest BCUT2D eigenvalue weighted by atomic mass is 15.2. The maximum absolute atomic E-state index is 5.51. The van der Waals surface area contributed by atoms with Gasteiger partial charge >= 0.3 is 0 Å². The minimum Gasteiger partial charge on any atom is -0.309 e. The highest BCUT2D eigenvalue weighted by Gasteiger charge is 2.36. The van der Waals surface area contributed by atoms with E-state index in [1.807, 2.05) is 0 Å². The fourth-order valence-electron chi connectivity index (χ4n) is 9.39. The summed E-state index contributed by atoms with van der Waals surface area (Å²) in [6.07, 6.45) is 0. The molecule has 0 unspecified atom stereocenters. The molecule has 1 aliphatic carbocycles. The fraction of sp³-hybridized carbons (Fsp3) is 0.0625. The van der Waals surface area contributed by atoms with Crippen molar-refractivity contribution in [2.45, 2.75) is 19.3 Å². The monoisotopic (exact) mass is 679 g/mol. The van der Waals surface area contributed by atoms with E-state index in [-0.39, 0.29) is 5.41 Å². The number of hydrogen-bond acceptors (Lipinski definition) is 1. The van der Waals surface area contributed by atoms with Crippen molar-refractivity contribution < 1.29 is 0 Å². The lowest BCUT2D eigenvalue weighted by atomic mass is 9.82. The predicted octanol–water partition coefficient (Wildman–Crippen LogP) is 11.8. The van der Waals surface area contributed by atoms with Gasteiger partial charge in [0.25, 0.3) is 0 Å². The highest BCUT2D eigenvalue weighted by molar-refractivity contribution is 6.13. The van der Waals surface area contributed by atoms with E-state index in [1.54, 1.807) is 0 Å². The fourth-order valence-corrected chi connectivity index (χ4v) is 9.39. The van der Waals surface area contributed by atoms with Crippen LogP contribution >= 0.6 is 0 Å². The summed E-state index contributed by atoms with van der Waals surface area (Å²) in [5, 5.41) is 3.65. The third-order valence-electron chi connectivity index (χ3n) is 11.8. The quantitative estimate of drug-likeness (QED) is 0.183. The van der Waals surface area contributed by atoms with Crippen LogP contribution in [0.2, 0.25) is 0 Å². The van der Waals surface area contributed by atoms with Gasteiger partial charge in [-0.3, -0.25) is 13.5 Å². The zero-order valence-electron chi connectivity index (χ0n) is 29.3. The molecule has 4 aromatic heterocycles. The maximum atomic E-state index is 5.51. The van der Waals surface area contributed by atoms with Gasteiger partial charge in [-0.1, -0.05) is 105 Å². The van der Waals surface area contributed by atoms with E-state index in [9.17, 15) is 0 Å². The van der Waals surface area contributed by atoms with Crippen LogP contribution in [0.4, 0.5) is 0 Å². The van der Waals surface area contributed by atoms with Gasteiger partial charge < -0.3 is 4.57 Å². The highest BCUT2D eigenvalue weighted by Crippen LogP contribution is 2.51. The standard InChI is InChI=1S/C48H33N5/c1-48(2)38-21-11-9-19-33(38)35-28-37-36-27-32(25-26-41(36)50(44(37)29-39(35)48)30-15-5-3-6-16-30)52-42-23-13-14-24-43(42)53-45-34-20-10-12-22-40(34)51(46(45)49-47(52)53)31-17-7-4-8-18-31/h3-29H,1-2H3. The molecule has 5 nitrogen and oxygen atoms in total. The first kappa shape index (κ1) is 28.8. The van der Waals surface area contributed by atoms with Gasteiger partial charge in [-0.25, -0.2) is 0 Å². The molecule has 0 N–H and O–H groups in total. The molecule has 0 aliphatic heterocycles. The molecule has 12 rings (SSSR count). The van der Waals surface area contributed by atoms with Crippen LogP contribution in [0.15, 0.2) is 164 Å². The van der Waals surface area contributed by atoms with Gasteiger partial charge in [-0.05, 0) is 95.1 Å². The van der Waals surface area contributed by atoms with Crippen LogP contribution < -0.4 is 0 Å². The molecule has 0 bridgehead atoms. The van der Waals surface area contributed by atoms with E-state index in [0.717, 1.165) is 50.6 Å². The molecule has 0 spiro atoms. The molecule has 0 saturated heterocycles. The van der Waals surface area contributed by atoms with Crippen LogP contribution in [0.1, 0.15) is 25.0 Å². The summed E-state index contributed by atoms with van der Waals surface area (Å²) in [6, 6.07) is 59.5. The van der Waals surface area contributed by atoms with Crippen molar-refractivity contribution in [1.29, 1.82) is 0 Å². The lowest BCUT2D eigenvalue weighted by molar-refractivity contribution is 0.661. The SMILES string of the molecule is CC1(C)c2ccccc2-c2cc3c4cc(-n5c6ccccc6n6c7c8ccccc8n(-c8ccccc8)c7nc56)ccc4n(-c4ccccc4)c3cc21. The van der Waals surface area contributed by atoms with E-state index >= 15 is 0 Å². The number of benzene rings is 7. The molecule has 0 amide bonds. The second kappa shape index (κ2) is 10.1. The van der Waals surface area contributed by atoms with Crippen molar-refractivity contribution >= 4 is 60.7 Å².